The Labute approximate surface area is 173 Å². The number of carbonyl (C=O) groups excluding carboxylic acids is 1. The smallest absolute Gasteiger partial charge is 0.317 e. The van der Waals surface area contributed by atoms with E-state index in [9.17, 15) is 4.79 Å². The number of hydrogen-bond acceptors (Lipinski definition) is 4. The second-order valence-corrected chi connectivity index (χ2v) is 7.24. The molecule has 0 aromatic heterocycles. The molecule has 6 nitrogen and oxygen atoms in total. The molecular formula is C23H31N3O3. The predicted octanol–water partition coefficient (Wildman–Crippen LogP) is 2.82. The Morgan fingerprint density at radius 2 is 1.62 bits per heavy atom. The van der Waals surface area contributed by atoms with Gasteiger partial charge in [-0.25, -0.2) is 4.79 Å². The van der Waals surface area contributed by atoms with Crippen LogP contribution in [0.3, 0.4) is 0 Å². The number of piperazine rings is 1. The van der Waals surface area contributed by atoms with Crippen molar-refractivity contribution in [3.05, 3.63) is 59.7 Å². The van der Waals surface area contributed by atoms with E-state index in [4.69, 9.17) is 9.47 Å². The van der Waals surface area contributed by atoms with Gasteiger partial charge in [0.25, 0.3) is 0 Å². The summed E-state index contributed by atoms with van der Waals surface area (Å²) < 4.78 is 10.6. The van der Waals surface area contributed by atoms with Crippen LogP contribution in [-0.2, 0) is 12.8 Å². The van der Waals surface area contributed by atoms with Gasteiger partial charge in [0.05, 0.1) is 14.2 Å². The fraction of sp³-hybridized carbons (Fsp3) is 0.435. The van der Waals surface area contributed by atoms with Crippen LogP contribution < -0.4 is 14.8 Å². The molecule has 1 fully saturated rings. The van der Waals surface area contributed by atoms with Crippen LogP contribution in [0.1, 0.15) is 11.1 Å². The standard InChI is InChI=1S/C23H31N3O3/c1-28-21-9-8-20(18-22(21)29-2)10-12-24-23(27)26-16-14-25(15-17-26)13-11-19-6-4-3-5-7-19/h3-9,18H,10-17H2,1-2H3,(H,24,27). The van der Waals surface area contributed by atoms with Crippen LogP contribution in [0, 0.1) is 0 Å². The lowest BCUT2D eigenvalue weighted by Crippen LogP contribution is -2.52. The van der Waals surface area contributed by atoms with E-state index in [0.29, 0.717) is 18.0 Å². The molecule has 2 aromatic carbocycles. The molecule has 1 N–H and O–H groups in total. The number of methoxy groups -OCH3 is 2. The minimum atomic E-state index is 0.0215. The molecule has 0 aliphatic carbocycles. The number of amides is 2. The van der Waals surface area contributed by atoms with Crippen LogP contribution in [0.5, 0.6) is 11.5 Å². The maximum Gasteiger partial charge on any atom is 0.317 e. The number of nitrogens with zero attached hydrogens (tertiary/aromatic N) is 2. The first-order valence-corrected chi connectivity index (χ1v) is 10.2. The highest BCUT2D eigenvalue weighted by molar-refractivity contribution is 5.74. The maximum absolute atomic E-state index is 12.4. The van der Waals surface area contributed by atoms with Crippen molar-refractivity contribution in [1.29, 1.82) is 0 Å². The minimum Gasteiger partial charge on any atom is -0.493 e. The van der Waals surface area contributed by atoms with Crippen molar-refractivity contribution >= 4 is 6.03 Å². The lowest BCUT2D eigenvalue weighted by atomic mass is 10.1. The van der Waals surface area contributed by atoms with Gasteiger partial charge in [-0.2, -0.15) is 0 Å². The highest BCUT2D eigenvalue weighted by atomic mass is 16.5. The Balaban J connectivity index is 1.36. The van der Waals surface area contributed by atoms with Gasteiger partial charge in [0.2, 0.25) is 0 Å². The van der Waals surface area contributed by atoms with Crippen molar-refractivity contribution in [2.24, 2.45) is 0 Å². The molecule has 1 aliphatic rings. The van der Waals surface area contributed by atoms with Crippen molar-refractivity contribution in [3.63, 3.8) is 0 Å². The van der Waals surface area contributed by atoms with Crippen LogP contribution in [0.15, 0.2) is 48.5 Å². The SMILES string of the molecule is COc1ccc(CCNC(=O)N2CCN(CCc3ccccc3)CC2)cc1OC. The third kappa shape index (κ3) is 6.12. The molecule has 0 saturated carbocycles. The summed E-state index contributed by atoms with van der Waals surface area (Å²) in [6.07, 6.45) is 1.81. The summed E-state index contributed by atoms with van der Waals surface area (Å²) in [7, 11) is 3.25. The summed E-state index contributed by atoms with van der Waals surface area (Å²) in [5.74, 6) is 1.42. The predicted molar refractivity (Wildman–Crippen MR) is 115 cm³/mol. The van der Waals surface area contributed by atoms with Gasteiger partial charge in [-0.1, -0.05) is 36.4 Å². The summed E-state index contributed by atoms with van der Waals surface area (Å²) in [6.45, 7) is 5.04. The Hall–Kier alpha value is -2.73. The molecule has 0 unspecified atom stereocenters. The molecule has 29 heavy (non-hydrogen) atoms. The average Bonchev–Trinajstić information content (AvgIpc) is 2.78. The number of urea groups is 1. The molecular weight excluding hydrogens is 366 g/mol. The van der Waals surface area contributed by atoms with Gasteiger partial charge >= 0.3 is 6.03 Å². The summed E-state index contributed by atoms with van der Waals surface area (Å²) >= 11 is 0. The Morgan fingerprint density at radius 1 is 0.897 bits per heavy atom. The topological polar surface area (TPSA) is 54.0 Å². The van der Waals surface area contributed by atoms with E-state index in [1.807, 2.05) is 29.2 Å². The third-order valence-electron chi connectivity index (χ3n) is 5.36. The van der Waals surface area contributed by atoms with E-state index < -0.39 is 0 Å². The van der Waals surface area contributed by atoms with Gasteiger partial charge in [-0.15, -0.1) is 0 Å². The fourth-order valence-electron chi connectivity index (χ4n) is 3.57. The second kappa shape index (κ2) is 10.7. The monoisotopic (exact) mass is 397 g/mol. The molecule has 0 radical (unpaired) electrons. The first kappa shape index (κ1) is 21.0. The number of hydrogen-bond donors (Lipinski definition) is 1. The largest absolute Gasteiger partial charge is 0.493 e. The maximum atomic E-state index is 12.4. The molecule has 6 heteroatoms. The van der Waals surface area contributed by atoms with Crippen molar-refractivity contribution < 1.29 is 14.3 Å². The molecule has 2 amide bonds. The van der Waals surface area contributed by atoms with Gasteiger partial charge in [-0.3, -0.25) is 4.90 Å². The molecule has 2 aromatic rings. The number of nitrogens with one attached hydrogen (secondary N) is 1. The molecule has 1 saturated heterocycles. The molecule has 1 heterocycles. The lowest BCUT2D eigenvalue weighted by Gasteiger charge is -2.34. The van der Waals surface area contributed by atoms with Crippen molar-refractivity contribution in [2.45, 2.75) is 12.8 Å². The van der Waals surface area contributed by atoms with Gasteiger partial charge < -0.3 is 19.7 Å². The Bertz CT molecular complexity index is 774. The molecule has 3 rings (SSSR count). The van der Waals surface area contributed by atoms with Gasteiger partial charge in [-0.05, 0) is 36.1 Å². The average molecular weight is 398 g/mol. The van der Waals surface area contributed by atoms with Crippen LogP contribution in [0.4, 0.5) is 4.79 Å². The summed E-state index contributed by atoms with van der Waals surface area (Å²) in [4.78, 5) is 16.8. The number of rotatable bonds is 8. The number of ether oxygens (including phenoxy) is 2. The molecule has 0 spiro atoms. The quantitative estimate of drug-likeness (QED) is 0.744. The van der Waals surface area contributed by atoms with Crippen LogP contribution in [0.25, 0.3) is 0 Å². The number of carbonyl (C=O) groups is 1. The fourth-order valence-corrected chi connectivity index (χ4v) is 3.57. The lowest BCUT2D eigenvalue weighted by molar-refractivity contribution is 0.140. The van der Waals surface area contributed by atoms with E-state index >= 15 is 0 Å². The molecule has 156 valence electrons. The van der Waals surface area contributed by atoms with Crippen LogP contribution >= 0.6 is 0 Å². The van der Waals surface area contributed by atoms with Gasteiger partial charge in [0.15, 0.2) is 11.5 Å². The minimum absolute atomic E-state index is 0.0215. The van der Waals surface area contributed by atoms with Crippen LogP contribution in [-0.4, -0.2) is 69.3 Å². The Kier molecular flexibility index (Phi) is 7.76. The van der Waals surface area contributed by atoms with Crippen molar-refractivity contribution in [3.8, 4) is 11.5 Å². The Morgan fingerprint density at radius 3 is 2.31 bits per heavy atom. The summed E-state index contributed by atoms with van der Waals surface area (Å²) in [6, 6.07) is 16.4. The zero-order chi connectivity index (χ0) is 20.5. The van der Waals surface area contributed by atoms with E-state index in [-0.39, 0.29) is 6.03 Å². The molecule has 0 atom stereocenters. The van der Waals surface area contributed by atoms with E-state index in [1.54, 1.807) is 14.2 Å². The van der Waals surface area contributed by atoms with E-state index in [1.165, 1.54) is 5.56 Å². The van der Waals surface area contributed by atoms with Crippen molar-refractivity contribution in [1.82, 2.24) is 15.1 Å². The van der Waals surface area contributed by atoms with Gasteiger partial charge in [0, 0.05) is 39.3 Å². The molecule has 1 aliphatic heterocycles. The highest BCUT2D eigenvalue weighted by Gasteiger charge is 2.20. The summed E-state index contributed by atoms with van der Waals surface area (Å²) in [5, 5.41) is 3.04. The summed E-state index contributed by atoms with van der Waals surface area (Å²) in [5.41, 5.74) is 2.47. The van der Waals surface area contributed by atoms with Crippen LogP contribution in [0.2, 0.25) is 0 Å². The first-order chi connectivity index (χ1) is 14.2. The first-order valence-electron chi connectivity index (χ1n) is 10.2. The van der Waals surface area contributed by atoms with E-state index in [2.05, 4.69) is 34.5 Å². The normalized spacial score (nSPS) is 14.5. The zero-order valence-electron chi connectivity index (χ0n) is 17.4. The number of benzene rings is 2. The van der Waals surface area contributed by atoms with Gasteiger partial charge in [0.1, 0.15) is 0 Å². The van der Waals surface area contributed by atoms with Crippen molar-refractivity contribution in [2.75, 3.05) is 53.5 Å². The van der Waals surface area contributed by atoms with E-state index in [0.717, 1.165) is 51.1 Å². The zero-order valence-corrected chi connectivity index (χ0v) is 17.4. The highest BCUT2D eigenvalue weighted by Crippen LogP contribution is 2.27. The second-order valence-electron chi connectivity index (χ2n) is 7.24. The third-order valence-corrected chi connectivity index (χ3v) is 5.36. The molecule has 0 bridgehead atoms.